The fourth-order valence-corrected chi connectivity index (χ4v) is 4.19. The molecule has 4 aromatic rings. The molecule has 0 aliphatic carbocycles. The second kappa shape index (κ2) is 8.31. The van der Waals surface area contributed by atoms with Crippen molar-refractivity contribution < 1.29 is 9.26 Å². The number of rotatable bonds is 6. The molecule has 0 aliphatic heterocycles. The van der Waals surface area contributed by atoms with Crippen LogP contribution in [-0.2, 0) is 5.75 Å². The molecular formula is C21H19ClN4O2S. The minimum Gasteiger partial charge on any atom is -0.497 e. The molecule has 148 valence electrons. The monoisotopic (exact) mass is 426 g/mol. The van der Waals surface area contributed by atoms with Gasteiger partial charge in [0.2, 0.25) is 0 Å². The van der Waals surface area contributed by atoms with Gasteiger partial charge in [0.05, 0.1) is 12.8 Å². The van der Waals surface area contributed by atoms with Crippen molar-refractivity contribution in [2.24, 2.45) is 0 Å². The molecule has 29 heavy (non-hydrogen) atoms. The predicted molar refractivity (Wildman–Crippen MR) is 114 cm³/mol. The highest BCUT2D eigenvalue weighted by Gasteiger charge is 2.18. The standard InChI is InChI=1S/C21H19ClN4O2S/c1-13-19(14(2)28-25-13)12-29-21-24-23-20(15-4-10-18(27-3)11-5-15)26(21)17-8-6-16(22)7-9-17/h4-11H,12H2,1-3H3. The lowest BCUT2D eigenvalue weighted by molar-refractivity contribution is 0.392. The van der Waals surface area contributed by atoms with Gasteiger partial charge in [-0.3, -0.25) is 4.57 Å². The molecule has 8 heteroatoms. The molecule has 2 aromatic heterocycles. The van der Waals surface area contributed by atoms with E-state index in [0.29, 0.717) is 10.8 Å². The van der Waals surface area contributed by atoms with Crippen LogP contribution in [0.25, 0.3) is 17.1 Å². The molecule has 0 amide bonds. The van der Waals surface area contributed by atoms with Crippen molar-refractivity contribution in [1.82, 2.24) is 19.9 Å². The molecule has 0 saturated heterocycles. The minimum absolute atomic E-state index is 0.678. The maximum absolute atomic E-state index is 6.09. The van der Waals surface area contributed by atoms with Crippen molar-refractivity contribution in [2.75, 3.05) is 7.11 Å². The zero-order valence-electron chi connectivity index (χ0n) is 16.2. The van der Waals surface area contributed by atoms with Gasteiger partial charge >= 0.3 is 0 Å². The molecule has 0 atom stereocenters. The van der Waals surface area contributed by atoms with Crippen LogP contribution in [0.5, 0.6) is 5.75 Å². The molecule has 0 saturated carbocycles. The SMILES string of the molecule is COc1ccc(-c2nnc(SCc3c(C)noc3C)n2-c2ccc(Cl)cc2)cc1. The van der Waals surface area contributed by atoms with E-state index in [4.69, 9.17) is 20.9 Å². The predicted octanol–water partition coefficient (Wildman–Crippen LogP) is 5.49. The normalized spacial score (nSPS) is 11.0. The first-order valence-electron chi connectivity index (χ1n) is 8.97. The van der Waals surface area contributed by atoms with Crippen molar-refractivity contribution in [1.29, 1.82) is 0 Å². The van der Waals surface area contributed by atoms with Crippen LogP contribution in [-0.4, -0.2) is 27.0 Å². The van der Waals surface area contributed by atoms with E-state index in [1.165, 1.54) is 0 Å². The van der Waals surface area contributed by atoms with E-state index in [1.807, 2.05) is 66.9 Å². The van der Waals surface area contributed by atoms with Gasteiger partial charge in [-0.05, 0) is 62.4 Å². The molecule has 0 unspecified atom stereocenters. The quantitative estimate of drug-likeness (QED) is 0.379. The lowest BCUT2D eigenvalue weighted by atomic mass is 10.2. The zero-order chi connectivity index (χ0) is 20.4. The van der Waals surface area contributed by atoms with Crippen LogP contribution in [0.15, 0.2) is 58.2 Å². The summed E-state index contributed by atoms with van der Waals surface area (Å²) in [6.07, 6.45) is 0. The van der Waals surface area contributed by atoms with Gasteiger partial charge < -0.3 is 9.26 Å². The van der Waals surface area contributed by atoms with Crippen molar-refractivity contribution in [3.8, 4) is 22.8 Å². The van der Waals surface area contributed by atoms with Crippen molar-refractivity contribution in [3.05, 3.63) is 70.6 Å². The zero-order valence-corrected chi connectivity index (χ0v) is 17.8. The van der Waals surface area contributed by atoms with Gasteiger partial charge in [-0.1, -0.05) is 28.5 Å². The third kappa shape index (κ3) is 4.02. The average Bonchev–Trinajstić information content (AvgIpc) is 3.30. The summed E-state index contributed by atoms with van der Waals surface area (Å²) in [5.41, 5.74) is 3.85. The maximum Gasteiger partial charge on any atom is 0.196 e. The Morgan fingerprint density at radius 3 is 2.38 bits per heavy atom. The van der Waals surface area contributed by atoms with E-state index >= 15 is 0 Å². The summed E-state index contributed by atoms with van der Waals surface area (Å²) in [4.78, 5) is 0. The third-order valence-electron chi connectivity index (χ3n) is 4.59. The van der Waals surface area contributed by atoms with Gasteiger partial charge in [0, 0.05) is 27.6 Å². The topological polar surface area (TPSA) is 66.0 Å². The second-order valence-electron chi connectivity index (χ2n) is 6.44. The lowest BCUT2D eigenvalue weighted by Gasteiger charge is -2.11. The number of hydrogen-bond acceptors (Lipinski definition) is 6. The number of methoxy groups -OCH3 is 1. The molecule has 0 aliphatic rings. The van der Waals surface area contributed by atoms with Crippen LogP contribution in [0.1, 0.15) is 17.0 Å². The summed E-state index contributed by atoms with van der Waals surface area (Å²) in [5, 5.41) is 14.4. The largest absolute Gasteiger partial charge is 0.497 e. The fraction of sp³-hybridized carbons (Fsp3) is 0.190. The summed E-state index contributed by atoms with van der Waals surface area (Å²) >= 11 is 7.68. The molecule has 0 N–H and O–H groups in total. The highest BCUT2D eigenvalue weighted by molar-refractivity contribution is 7.98. The minimum atomic E-state index is 0.678. The van der Waals surface area contributed by atoms with E-state index < -0.39 is 0 Å². The Morgan fingerprint density at radius 1 is 1.03 bits per heavy atom. The first-order chi connectivity index (χ1) is 14.1. The van der Waals surface area contributed by atoms with E-state index in [9.17, 15) is 0 Å². The molecule has 0 spiro atoms. The summed E-state index contributed by atoms with van der Waals surface area (Å²) in [6, 6.07) is 15.4. The van der Waals surface area contributed by atoms with E-state index in [0.717, 1.165) is 45.0 Å². The number of aryl methyl sites for hydroxylation is 2. The molecule has 0 bridgehead atoms. The fourth-order valence-electron chi connectivity index (χ4n) is 2.96. The molecule has 0 radical (unpaired) electrons. The molecule has 2 aromatic carbocycles. The number of ether oxygens (including phenoxy) is 1. The molecule has 6 nitrogen and oxygen atoms in total. The molecule has 0 fully saturated rings. The first-order valence-corrected chi connectivity index (χ1v) is 10.3. The van der Waals surface area contributed by atoms with Crippen molar-refractivity contribution >= 4 is 23.4 Å². The summed E-state index contributed by atoms with van der Waals surface area (Å²) in [5.74, 6) is 3.05. The third-order valence-corrected chi connectivity index (χ3v) is 5.80. The highest BCUT2D eigenvalue weighted by Crippen LogP contribution is 2.32. The molecule has 4 rings (SSSR count). The van der Waals surface area contributed by atoms with Crippen LogP contribution in [0, 0.1) is 13.8 Å². The molecular weight excluding hydrogens is 408 g/mol. The number of thioether (sulfide) groups is 1. The number of aromatic nitrogens is 4. The number of hydrogen-bond donors (Lipinski definition) is 0. The Balaban J connectivity index is 1.74. The van der Waals surface area contributed by atoms with Gasteiger partial charge in [-0.25, -0.2) is 0 Å². The highest BCUT2D eigenvalue weighted by atomic mass is 35.5. The van der Waals surface area contributed by atoms with E-state index in [2.05, 4.69) is 15.4 Å². The van der Waals surface area contributed by atoms with Gasteiger partial charge in [-0.15, -0.1) is 10.2 Å². The maximum atomic E-state index is 6.09. The Morgan fingerprint density at radius 2 is 1.76 bits per heavy atom. The Bertz CT molecular complexity index is 1100. The van der Waals surface area contributed by atoms with Gasteiger partial charge in [0.1, 0.15) is 11.5 Å². The smallest absolute Gasteiger partial charge is 0.196 e. The van der Waals surface area contributed by atoms with Crippen LogP contribution < -0.4 is 4.74 Å². The van der Waals surface area contributed by atoms with Crippen molar-refractivity contribution in [3.63, 3.8) is 0 Å². The van der Waals surface area contributed by atoms with Crippen molar-refractivity contribution in [2.45, 2.75) is 24.8 Å². The lowest BCUT2D eigenvalue weighted by Crippen LogP contribution is -2.00. The van der Waals surface area contributed by atoms with Gasteiger partial charge in [-0.2, -0.15) is 0 Å². The summed E-state index contributed by atoms with van der Waals surface area (Å²) in [7, 11) is 1.65. The second-order valence-corrected chi connectivity index (χ2v) is 7.82. The Labute approximate surface area is 177 Å². The summed E-state index contributed by atoms with van der Waals surface area (Å²) in [6.45, 7) is 3.86. The first kappa shape index (κ1) is 19.5. The number of nitrogens with zero attached hydrogens (tertiary/aromatic N) is 4. The van der Waals surface area contributed by atoms with E-state index in [-0.39, 0.29) is 0 Å². The number of benzene rings is 2. The van der Waals surface area contributed by atoms with Crippen LogP contribution >= 0.6 is 23.4 Å². The Kier molecular flexibility index (Phi) is 5.60. The van der Waals surface area contributed by atoms with Gasteiger partial charge in [0.25, 0.3) is 0 Å². The molecule has 2 heterocycles. The van der Waals surface area contributed by atoms with Crippen LogP contribution in [0.3, 0.4) is 0 Å². The van der Waals surface area contributed by atoms with Crippen LogP contribution in [0.4, 0.5) is 0 Å². The van der Waals surface area contributed by atoms with Crippen LogP contribution in [0.2, 0.25) is 5.02 Å². The van der Waals surface area contributed by atoms with E-state index in [1.54, 1.807) is 18.9 Å². The van der Waals surface area contributed by atoms with Gasteiger partial charge in [0.15, 0.2) is 11.0 Å². The Hall–Kier alpha value is -2.77. The summed E-state index contributed by atoms with van der Waals surface area (Å²) < 4.78 is 12.6. The number of halogens is 1. The average molecular weight is 427 g/mol.